The van der Waals surface area contributed by atoms with Gasteiger partial charge >= 0.3 is 0 Å². The van der Waals surface area contributed by atoms with Crippen molar-refractivity contribution in [3.8, 4) is 0 Å². The Balaban J connectivity index is 2.45. The minimum Gasteiger partial charge on any atom is -0.330 e. The molecule has 1 aliphatic heterocycles. The lowest BCUT2D eigenvalue weighted by molar-refractivity contribution is 0.221. The molecule has 2 rings (SSSR count). The fourth-order valence-corrected chi connectivity index (χ4v) is 2.95. The lowest BCUT2D eigenvalue weighted by atomic mass is 9.86. The third-order valence-corrected chi connectivity index (χ3v) is 3.66. The number of rotatable bonds is 2. The zero-order valence-electron chi connectivity index (χ0n) is 10.6. The molecule has 1 atom stereocenters. The minimum atomic E-state index is 0.523. The van der Waals surface area contributed by atoms with E-state index in [1.165, 1.54) is 28.7 Å². The largest absolute Gasteiger partial charge is 0.330 e. The summed E-state index contributed by atoms with van der Waals surface area (Å²) in [5.74, 6) is 0. The van der Waals surface area contributed by atoms with Crippen LogP contribution in [0.2, 0.25) is 0 Å². The first-order valence-electron chi connectivity index (χ1n) is 6.14. The molecule has 88 valence electrons. The molecule has 2 heteroatoms. The van der Waals surface area contributed by atoms with Crippen molar-refractivity contribution < 1.29 is 0 Å². The number of nitrogens with zero attached hydrogens (tertiary/aromatic N) is 1. The summed E-state index contributed by atoms with van der Waals surface area (Å²) in [7, 11) is 2.21. The molecule has 1 unspecified atom stereocenters. The number of hydrogen-bond acceptors (Lipinski definition) is 2. The molecule has 1 aromatic carbocycles. The van der Waals surface area contributed by atoms with Crippen molar-refractivity contribution >= 4 is 0 Å². The van der Waals surface area contributed by atoms with Crippen LogP contribution in [0.25, 0.3) is 0 Å². The molecule has 1 aliphatic rings. The van der Waals surface area contributed by atoms with Gasteiger partial charge in [0, 0.05) is 12.6 Å². The van der Waals surface area contributed by atoms with Crippen LogP contribution in [0.4, 0.5) is 0 Å². The predicted molar refractivity (Wildman–Crippen MR) is 68.7 cm³/mol. The van der Waals surface area contributed by atoms with Crippen LogP contribution in [0.15, 0.2) is 12.1 Å². The topological polar surface area (TPSA) is 29.3 Å². The molecule has 2 nitrogen and oxygen atoms in total. The van der Waals surface area contributed by atoms with E-state index in [1.807, 2.05) is 0 Å². The molecule has 0 bridgehead atoms. The summed E-state index contributed by atoms with van der Waals surface area (Å²) in [5, 5.41) is 0. The quantitative estimate of drug-likeness (QED) is 0.824. The van der Waals surface area contributed by atoms with Crippen molar-refractivity contribution in [1.82, 2.24) is 4.90 Å². The number of likely N-dealkylation sites (N-methyl/N-ethyl adjacent to an activating group) is 1. The van der Waals surface area contributed by atoms with Crippen LogP contribution < -0.4 is 5.73 Å². The van der Waals surface area contributed by atoms with Crippen LogP contribution in [0.5, 0.6) is 0 Å². The molecule has 0 aromatic heterocycles. The molecule has 16 heavy (non-hydrogen) atoms. The summed E-state index contributed by atoms with van der Waals surface area (Å²) >= 11 is 0. The van der Waals surface area contributed by atoms with Gasteiger partial charge in [-0.15, -0.1) is 0 Å². The molecule has 0 spiro atoms. The second-order valence-electron chi connectivity index (χ2n) is 4.98. The highest BCUT2D eigenvalue weighted by atomic mass is 15.1. The molecule has 0 amide bonds. The Morgan fingerprint density at radius 2 is 2.12 bits per heavy atom. The van der Waals surface area contributed by atoms with Crippen molar-refractivity contribution in [2.45, 2.75) is 32.7 Å². The Kier molecular flexibility index (Phi) is 3.31. The smallest absolute Gasteiger partial charge is 0.0362 e. The zero-order valence-corrected chi connectivity index (χ0v) is 10.6. The summed E-state index contributed by atoms with van der Waals surface area (Å²) in [4.78, 5) is 2.44. The molecule has 0 saturated heterocycles. The highest BCUT2D eigenvalue weighted by molar-refractivity contribution is 5.42. The van der Waals surface area contributed by atoms with Gasteiger partial charge in [-0.2, -0.15) is 0 Å². The fraction of sp³-hybridized carbons (Fsp3) is 0.571. The lowest BCUT2D eigenvalue weighted by Crippen LogP contribution is -2.34. The van der Waals surface area contributed by atoms with Gasteiger partial charge in [-0.25, -0.2) is 0 Å². The summed E-state index contributed by atoms with van der Waals surface area (Å²) in [5.41, 5.74) is 11.6. The molecule has 0 fully saturated rings. The fourth-order valence-electron chi connectivity index (χ4n) is 2.95. The van der Waals surface area contributed by atoms with E-state index in [9.17, 15) is 0 Å². The van der Waals surface area contributed by atoms with Crippen molar-refractivity contribution in [3.63, 3.8) is 0 Å². The number of aryl methyl sites for hydroxylation is 2. The maximum Gasteiger partial charge on any atom is 0.0362 e. The van der Waals surface area contributed by atoms with E-state index in [2.05, 4.69) is 37.9 Å². The van der Waals surface area contributed by atoms with Gasteiger partial charge < -0.3 is 5.73 Å². The molecule has 0 radical (unpaired) electrons. The van der Waals surface area contributed by atoms with E-state index < -0.39 is 0 Å². The van der Waals surface area contributed by atoms with Crippen molar-refractivity contribution in [2.24, 2.45) is 5.73 Å². The molecule has 0 aliphatic carbocycles. The summed E-state index contributed by atoms with van der Waals surface area (Å²) < 4.78 is 0. The van der Waals surface area contributed by atoms with Gasteiger partial charge in [-0.3, -0.25) is 4.90 Å². The number of benzene rings is 1. The second-order valence-corrected chi connectivity index (χ2v) is 4.98. The average molecular weight is 218 g/mol. The van der Waals surface area contributed by atoms with Gasteiger partial charge in [-0.05, 0) is 57.0 Å². The maximum absolute atomic E-state index is 5.73. The Hall–Kier alpha value is -0.860. The second kappa shape index (κ2) is 4.56. The standard InChI is InChI=1S/C14H22N2/c1-10-8-11(2)14-12(9-10)5-7-16(3)13(14)4-6-15/h8-9,13H,4-7,15H2,1-3H3. The van der Waals surface area contributed by atoms with Gasteiger partial charge in [0.2, 0.25) is 0 Å². The van der Waals surface area contributed by atoms with Crippen LogP contribution >= 0.6 is 0 Å². The van der Waals surface area contributed by atoms with Gasteiger partial charge in [0.25, 0.3) is 0 Å². The minimum absolute atomic E-state index is 0.523. The number of nitrogens with two attached hydrogens (primary N) is 1. The molecular formula is C14H22N2. The molecule has 0 saturated carbocycles. The van der Waals surface area contributed by atoms with Gasteiger partial charge in [0.05, 0.1) is 0 Å². The Morgan fingerprint density at radius 3 is 2.81 bits per heavy atom. The number of fused-ring (bicyclic) bond motifs is 1. The Morgan fingerprint density at radius 1 is 1.38 bits per heavy atom. The highest BCUT2D eigenvalue weighted by Crippen LogP contribution is 2.33. The summed E-state index contributed by atoms with van der Waals surface area (Å²) in [6, 6.07) is 5.16. The van der Waals surface area contributed by atoms with Crippen molar-refractivity contribution in [1.29, 1.82) is 0 Å². The third kappa shape index (κ3) is 2.00. The first-order valence-corrected chi connectivity index (χ1v) is 6.14. The monoisotopic (exact) mass is 218 g/mol. The Bertz CT molecular complexity index is 385. The average Bonchev–Trinajstić information content (AvgIpc) is 2.22. The highest BCUT2D eigenvalue weighted by Gasteiger charge is 2.25. The molecule has 1 heterocycles. The molecular weight excluding hydrogens is 196 g/mol. The normalized spacial score (nSPS) is 20.9. The van der Waals surface area contributed by atoms with Crippen LogP contribution in [0.1, 0.15) is 34.7 Å². The number of hydrogen-bond donors (Lipinski definition) is 1. The van der Waals surface area contributed by atoms with Crippen LogP contribution in [0.3, 0.4) is 0 Å². The van der Waals surface area contributed by atoms with E-state index >= 15 is 0 Å². The van der Waals surface area contributed by atoms with Crippen LogP contribution in [-0.4, -0.2) is 25.0 Å². The van der Waals surface area contributed by atoms with Crippen molar-refractivity contribution in [3.05, 3.63) is 34.4 Å². The van der Waals surface area contributed by atoms with E-state index in [-0.39, 0.29) is 0 Å². The van der Waals surface area contributed by atoms with E-state index in [1.54, 1.807) is 0 Å². The SMILES string of the molecule is Cc1cc(C)c2c(c1)CCN(C)C2CCN. The third-order valence-electron chi connectivity index (χ3n) is 3.66. The van der Waals surface area contributed by atoms with E-state index in [0.717, 1.165) is 19.5 Å². The van der Waals surface area contributed by atoms with E-state index in [0.29, 0.717) is 6.04 Å². The summed E-state index contributed by atoms with van der Waals surface area (Å²) in [6.07, 6.45) is 2.24. The van der Waals surface area contributed by atoms with Crippen LogP contribution in [-0.2, 0) is 6.42 Å². The maximum atomic E-state index is 5.73. The van der Waals surface area contributed by atoms with E-state index in [4.69, 9.17) is 5.73 Å². The molecule has 2 N–H and O–H groups in total. The predicted octanol–water partition coefficient (Wildman–Crippen LogP) is 2.18. The summed E-state index contributed by atoms with van der Waals surface area (Å²) in [6.45, 7) is 6.33. The first-order chi connectivity index (χ1) is 7.63. The Labute approximate surface area is 98.4 Å². The van der Waals surface area contributed by atoms with Crippen molar-refractivity contribution in [2.75, 3.05) is 20.1 Å². The molecule has 1 aromatic rings. The van der Waals surface area contributed by atoms with Gasteiger partial charge in [0.15, 0.2) is 0 Å². The van der Waals surface area contributed by atoms with Gasteiger partial charge in [0.1, 0.15) is 0 Å². The first kappa shape index (κ1) is 11.6. The van der Waals surface area contributed by atoms with Gasteiger partial charge in [-0.1, -0.05) is 17.7 Å². The lowest BCUT2D eigenvalue weighted by Gasteiger charge is -2.36. The zero-order chi connectivity index (χ0) is 11.7. The van der Waals surface area contributed by atoms with Crippen LogP contribution in [0, 0.1) is 13.8 Å².